The standard InChI is InChI=1S/C14H18N4S/c1-9-5-6-10(2)12(7-9)15-14(19)16-13-8-18(4)17-11(13)3/h5-8H,1-4H3,(H2,15,16,19). The Morgan fingerprint density at radius 1 is 1.16 bits per heavy atom. The molecule has 0 aliphatic rings. The Bertz CT molecular complexity index is 616. The van der Waals surface area contributed by atoms with Gasteiger partial charge in [0.05, 0.1) is 11.4 Å². The molecule has 0 saturated carbocycles. The van der Waals surface area contributed by atoms with Crippen molar-refractivity contribution in [2.45, 2.75) is 20.8 Å². The molecular weight excluding hydrogens is 256 g/mol. The molecule has 0 radical (unpaired) electrons. The maximum Gasteiger partial charge on any atom is 0.175 e. The van der Waals surface area contributed by atoms with Crippen LogP contribution in [0.15, 0.2) is 24.4 Å². The van der Waals surface area contributed by atoms with E-state index in [0.29, 0.717) is 5.11 Å². The number of benzene rings is 1. The molecule has 0 aliphatic heterocycles. The van der Waals surface area contributed by atoms with Gasteiger partial charge in [0.25, 0.3) is 0 Å². The molecule has 0 spiro atoms. The number of aryl methyl sites for hydroxylation is 4. The Hall–Kier alpha value is -1.88. The first-order valence-electron chi connectivity index (χ1n) is 6.11. The molecule has 2 aromatic rings. The van der Waals surface area contributed by atoms with E-state index in [4.69, 9.17) is 12.2 Å². The van der Waals surface area contributed by atoms with Crippen molar-refractivity contribution in [3.8, 4) is 0 Å². The number of rotatable bonds is 2. The molecule has 1 aromatic carbocycles. The second-order valence-corrected chi connectivity index (χ2v) is 5.11. The number of anilines is 2. The first kappa shape index (κ1) is 13.5. The first-order valence-corrected chi connectivity index (χ1v) is 6.52. The summed E-state index contributed by atoms with van der Waals surface area (Å²) in [5, 5.41) is 11.2. The summed E-state index contributed by atoms with van der Waals surface area (Å²) < 4.78 is 1.76. The van der Waals surface area contributed by atoms with Crippen LogP contribution in [0.25, 0.3) is 0 Å². The zero-order chi connectivity index (χ0) is 14.0. The van der Waals surface area contributed by atoms with Crippen LogP contribution in [0.2, 0.25) is 0 Å². The van der Waals surface area contributed by atoms with Crippen LogP contribution in [0.5, 0.6) is 0 Å². The molecule has 5 heteroatoms. The molecule has 0 bridgehead atoms. The van der Waals surface area contributed by atoms with Crippen molar-refractivity contribution in [2.75, 3.05) is 10.6 Å². The minimum atomic E-state index is 0.574. The lowest BCUT2D eigenvalue weighted by molar-refractivity contribution is 0.756. The van der Waals surface area contributed by atoms with Gasteiger partial charge in [-0.25, -0.2) is 0 Å². The summed E-state index contributed by atoms with van der Waals surface area (Å²) in [4.78, 5) is 0. The summed E-state index contributed by atoms with van der Waals surface area (Å²) in [6, 6.07) is 6.25. The SMILES string of the molecule is Cc1ccc(C)c(NC(=S)Nc2cn(C)nc2C)c1. The molecule has 0 aliphatic carbocycles. The van der Waals surface area contributed by atoms with Crippen LogP contribution in [-0.2, 0) is 7.05 Å². The average molecular weight is 274 g/mol. The Balaban J connectivity index is 2.09. The minimum Gasteiger partial charge on any atom is -0.332 e. The van der Waals surface area contributed by atoms with E-state index >= 15 is 0 Å². The van der Waals surface area contributed by atoms with E-state index in [1.807, 2.05) is 20.2 Å². The number of hydrogen-bond donors (Lipinski definition) is 2. The zero-order valence-electron chi connectivity index (χ0n) is 11.6. The predicted molar refractivity (Wildman–Crippen MR) is 83.7 cm³/mol. The fraction of sp³-hybridized carbons (Fsp3) is 0.286. The summed E-state index contributed by atoms with van der Waals surface area (Å²) in [6.45, 7) is 6.06. The lowest BCUT2D eigenvalue weighted by Gasteiger charge is -2.12. The van der Waals surface area contributed by atoms with Gasteiger partial charge >= 0.3 is 0 Å². The van der Waals surface area contributed by atoms with Crippen LogP contribution in [0.1, 0.15) is 16.8 Å². The van der Waals surface area contributed by atoms with Crippen LogP contribution < -0.4 is 10.6 Å². The zero-order valence-corrected chi connectivity index (χ0v) is 12.4. The van der Waals surface area contributed by atoms with Gasteiger partial charge in [-0.15, -0.1) is 0 Å². The highest BCUT2D eigenvalue weighted by atomic mass is 32.1. The van der Waals surface area contributed by atoms with Crippen LogP contribution in [-0.4, -0.2) is 14.9 Å². The van der Waals surface area contributed by atoms with Crippen molar-refractivity contribution < 1.29 is 0 Å². The second kappa shape index (κ2) is 5.40. The monoisotopic (exact) mass is 274 g/mol. The van der Waals surface area contributed by atoms with E-state index in [0.717, 1.165) is 22.6 Å². The Kier molecular flexibility index (Phi) is 3.85. The highest BCUT2D eigenvalue weighted by molar-refractivity contribution is 7.80. The molecule has 0 amide bonds. The van der Waals surface area contributed by atoms with E-state index in [1.54, 1.807) is 4.68 Å². The third-order valence-electron chi connectivity index (χ3n) is 2.90. The van der Waals surface area contributed by atoms with Crippen LogP contribution in [0, 0.1) is 20.8 Å². The second-order valence-electron chi connectivity index (χ2n) is 4.70. The van der Waals surface area contributed by atoms with Gasteiger partial charge in [0.15, 0.2) is 5.11 Å². The van der Waals surface area contributed by atoms with Crippen molar-refractivity contribution in [1.29, 1.82) is 0 Å². The molecule has 2 N–H and O–H groups in total. The van der Waals surface area contributed by atoms with Gasteiger partial charge in [0, 0.05) is 18.9 Å². The Morgan fingerprint density at radius 3 is 2.47 bits per heavy atom. The van der Waals surface area contributed by atoms with E-state index in [1.165, 1.54) is 5.56 Å². The summed E-state index contributed by atoms with van der Waals surface area (Å²) in [5.74, 6) is 0. The topological polar surface area (TPSA) is 41.9 Å². The van der Waals surface area contributed by atoms with Gasteiger partial charge in [-0.2, -0.15) is 5.10 Å². The van der Waals surface area contributed by atoms with E-state index in [9.17, 15) is 0 Å². The van der Waals surface area contributed by atoms with Crippen LogP contribution >= 0.6 is 12.2 Å². The number of nitrogens with one attached hydrogen (secondary N) is 2. The largest absolute Gasteiger partial charge is 0.332 e. The number of hydrogen-bond acceptors (Lipinski definition) is 2. The summed E-state index contributed by atoms with van der Waals surface area (Å²) in [7, 11) is 1.89. The summed E-state index contributed by atoms with van der Waals surface area (Å²) in [5.41, 5.74) is 5.24. The molecule has 0 fully saturated rings. The molecule has 100 valence electrons. The third kappa shape index (κ3) is 3.32. The lowest BCUT2D eigenvalue weighted by Crippen LogP contribution is -2.19. The van der Waals surface area contributed by atoms with Gasteiger partial charge in [0.1, 0.15) is 0 Å². The molecule has 1 aromatic heterocycles. The van der Waals surface area contributed by atoms with Gasteiger partial charge in [-0.1, -0.05) is 12.1 Å². The van der Waals surface area contributed by atoms with Gasteiger partial charge in [-0.3, -0.25) is 4.68 Å². The van der Waals surface area contributed by atoms with Crippen molar-refractivity contribution >= 4 is 28.7 Å². The molecule has 0 atom stereocenters. The molecule has 2 rings (SSSR count). The average Bonchev–Trinajstić information content (AvgIpc) is 2.62. The van der Waals surface area contributed by atoms with Crippen LogP contribution in [0.4, 0.5) is 11.4 Å². The van der Waals surface area contributed by atoms with Gasteiger partial charge in [0.2, 0.25) is 0 Å². The van der Waals surface area contributed by atoms with Crippen molar-refractivity contribution in [3.05, 3.63) is 41.2 Å². The van der Waals surface area contributed by atoms with Gasteiger partial charge < -0.3 is 10.6 Å². The summed E-state index contributed by atoms with van der Waals surface area (Å²) in [6.07, 6.45) is 1.91. The minimum absolute atomic E-state index is 0.574. The highest BCUT2D eigenvalue weighted by Gasteiger charge is 2.06. The predicted octanol–water partition coefficient (Wildman–Crippen LogP) is 3.15. The van der Waals surface area contributed by atoms with Crippen molar-refractivity contribution in [2.24, 2.45) is 7.05 Å². The quantitative estimate of drug-likeness (QED) is 0.826. The number of nitrogens with zero attached hydrogens (tertiary/aromatic N) is 2. The maximum atomic E-state index is 5.33. The third-order valence-corrected chi connectivity index (χ3v) is 3.11. The number of aromatic nitrogens is 2. The Morgan fingerprint density at radius 2 is 1.84 bits per heavy atom. The Labute approximate surface area is 118 Å². The highest BCUT2D eigenvalue weighted by Crippen LogP contribution is 2.17. The lowest BCUT2D eigenvalue weighted by atomic mass is 10.1. The van der Waals surface area contributed by atoms with E-state index in [-0.39, 0.29) is 0 Å². The molecule has 19 heavy (non-hydrogen) atoms. The molecular formula is C14H18N4S. The maximum absolute atomic E-state index is 5.33. The molecule has 4 nitrogen and oxygen atoms in total. The van der Waals surface area contributed by atoms with E-state index in [2.05, 4.69) is 47.8 Å². The van der Waals surface area contributed by atoms with Gasteiger partial charge in [-0.05, 0) is 50.2 Å². The first-order chi connectivity index (χ1) is 8.95. The fourth-order valence-electron chi connectivity index (χ4n) is 1.87. The van der Waals surface area contributed by atoms with Crippen molar-refractivity contribution in [3.63, 3.8) is 0 Å². The van der Waals surface area contributed by atoms with Crippen molar-refractivity contribution in [1.82, 2.24) is 9.78 Å². The molecule has 0 saturated heterocycles. The fourth-order valence-corrected chi connectivity index (χ4v) is 2.09. The molecule has 0 unspecified atom stereocenters. The summed E-state index contributed by atoms with van der Waals surface area (Å²) >= 11 is 5.33. The van der Waals surface area contributed by atoms with E-state index < -0.39 is 0 Å². The molecule has 1 heterocycles. The normalized spacial score (nSPS) is 10.3. The number of thiocarbonyl (C=S) groups is 1. The smallest absolute Gasteiger partial charge is 0.175 e. The van der Waals surface area contributed by atoms with Crippen LogP contribution in [0.3, 0.4) is 0 Å².